The summed E-state index contributed by atoms with van der Waals surface area (Å²) in [5.41, 5.74) is 3.82. The molecule has 0 radical (unpaired) electrons. The maximum Gasteiger partial charge on any atom is 0.244 e. The molecule has 0 unspecified atom stereocenters. The van der Waals surface area contributed by atoms with Crippen LogP contribution < -0.4 is 10.2 Å². The third-order valence-electron chi connectivity index (χ3n) is 3.00. The Morgan fingerprint density at radius 1 is 1.17 bits per heavy atom. The number of phenols is 2. The summed E-state index contributed by atoms with van der Waals surface area (Å²) >= 11 is 0. The van der Waals surface area contributed by atoms with Crippen LogP contribution >= 0.6 is 0 Å². The molecule has 0 spiro atoms. The van der Waals surface area contributed by atoms with E-state index in [1.807, 2.05) is 31.2 Å². The van der Waals surface area contributed by atoms with E-state index < -0.39 is 0 Å². The first kappa shape index (κ1) is 16.4. The van der Waals surface area contributed by atoms with Crippen LogP contribution in [-0.2, 0) is 11.2 Å². The Labute approximate surface area is 134 Å². The van der Waals surface area contributed by atoms with Gasteiger partial charge in [0.05, 0.1) is 19.2 Å². The molecule has 0 aliphatic carbocycles. The molecule has 0 saturated heterocycles. The summed E-state index contributed by atoms with van der Waals surface area (Å²) in [5.74, 6) is 0.0616. The molecule has 6 heteroatoms. The second-order valence-electron chi connectivity index (χ2n) is 4.80. The molecule has 0 atom stereocenters. The fourth-order valence-electron chi connectivity index (χ4n) is 1.89. The summed E-state index contributed by atoms with van der Waals surface area (Å²) in [6.45, 7) is 2.51. The Bertz CT molecular complexity index is 696. The zero-order chi connectivity index (χ0) is 16.7. The second-order valence-corrected chi connectivity index (χ2v) is 4.80. The summed E-state index contributed by atoms with van der Waals surface area (Å²) in [5, 5.41) is 22.4. The van der Waals surface area contributed by atoms with Crippen molar-refractivity contribution < 1.29 is 19.7 Å². The van der Waals surface area contributed by atoms with Crippen LogP contribution in [0.3, 0.4) is 0 Å². The molecule has 0 heterocycles. The van der Waals surface area contributed by atoms with Gasteiger partial charge in [-0.2, -0.15) is 5.10 Å². The Kier molecular flexibility index (Phi) is 5.57. The van der Waals surface area contributed by atoms with E-state index in [4.69, 9.17) is 4.74 Å². The van der Waals surface area contributed by atoms with Gasteiger partial charge in [0.2, 0.25) is 5.91 Å². The lowest BCUT2D eigenvalue weighted by Crippen LogP contribution is -2.19. The van der Waals surface area contributed by atoms with Crippen molar-refractivity contribution in [1.82, 2.24) is 5.43 Å². The molecular formula is C17H18N2O4. The van der Waals surface area contributed by atoms with Gasteiger partial charge in [-0.3, -0.25) is 4.79 Å². The van der Waals surface area contributed by atoms with Crippen molar-refractivity contribution in [2.45, 2.75) is 13.3 Å². The van der Waals surface area contributed by atoms with Gasteiger partial charge in [-0.1, -0.05) is 12.1 Å². The van der Waals surface area contributed by atoms with Crippen LogP contribution in [0.1, 0.15) is 18.1 Å². The standard InChI is InChI=1S/C17H18N2O4/c1-2-23-14-6-3-12(4-7-14)10-17(22)19-18-11-13-5-8-15(20)16(21)9-13/h3-9,11,20-21H,2,10H2,1H3,(H,19,22)/b18-11+. The van der Waals surface area contributed by atoms with Crippen molar-refractivity contribution in [3.8, 4) is 17.2 Å². The predicted octanol–water partition coefficient (Wildman–Crippen LogP) is 2.19. The van der Waals surface area contributed by atoms with Crippen LogP contribution in [-0.4, -0.2) is 28.9 Å². The number of nitrogens with one attached hydrogen (secondary N) is 1. The van der Waals surface area contributed by atoms with Gasteiger partial charge in [-0.25, -0.2) is 5.43 Å². The average molecular weight is 314 g/mol. The molecule has 3 N–H and O–H groups in total. The highest BCUT2D eigenvalue weighted by Gasteiger charge is 2.03. The third kappa shape index (κ3) is 5.03. The Morgan fingerprint density at radius 3 is 2.57 bits per heavy atom. The first-order chi connectivity index (χ1) is 11.1. The van der Waals surface area contributed by atoms with Gasteiger partial charge in [0.25, 0.3) is 0 Å². The number of benzene rings is 2. The quantitative estimate of drug-likeness (QED) is 0.433. The minimum Gasteiger partial charge on any atom is -0.504 e. The highest BCUT2D eigenvalue weighted by atomic mass is 16.5. The average Bonchev–Trinajstić information content (AvgIpc) is 2.53. The van der Waals surface area contributed by atoms with E-state index in [0.29, 0.717) is 12.2 Å². The van der Waals surface area contributed by atoms with Crippen LogP contribution in [0.2, 0.25) is 0 Å². The van der Waals surface area contributed by atoms with Crippen molar-refractivity contribution in [2.24, 2.45) is 5.10 Å². The largest absolute Gasteiger partial charge is 0.504 e. The van der Waals surface area contributed by atoms with E-state index in [1.165, 1.54) is 18.3 Å². The van der Waals surface area contributed by atoms with Gasteiger partial charge >= 0.3 is 0 Å². The molecule has 0 aliphatic rings. The molecule has 0 aliphatic heterocycles. The maximum atomic E-state index is 11.8. The third-order valence-corrected chi connectivity index (χ3v) is 3.00. The lowest BCUT2D eigenvalue weighted by molar-refractivity contribution is -0.120. The summed E-state index contributed by atoms with van der Waals surface area (Å²) in [6, 6.07) is 11.5. The Hall–Kier alpha value is -3.02. The number of rotatable bonds is 6. The van der Waals surface area contributed by atoms with E-state index in [2.05, 4.69) is 10.5 Å². The zero-order valence-electron chi connectivity index (χ0n) is 12.7. The molecule has 2 aromatic carbocycles. The number of nitrogens with zero attached hydrogens (tertiary/aromatic N) is 1. The minimum atomic E-state index is -0.256. The molecule has 120 valence electrons. The predicted molar refractivity (Wildman–Crippen MR) is 86.8 cm³/mol. The number of amides is 1. The summed E-state index contributed by atoms with van der Waals surface area (Å²) in [7, 11) is 0. The highest BCUT2D eigenvalue weighted by molar-refractivity contribution is 5.83. The van der Waals surface area contributed by atoms with Crippen molar-refractivity contribution in [2.75, 3.05) is 6.61 Å². The van der Waals surface area contributed by atoms with Gasteiger partial charge in [0, 0.05) is 0 Å². The van der Waals surface area contributed by atoms with Crippen LogP contribution in [0.25, 0.3) is 0 Å². The fourth-order valence-corrected chi connectivity index (χ4v) is 1.89. The van der Waals surface area contributed by atoms with Crippen LogP contribution in [0.5, 0.6) is 17.2 Å². The molecular weight excluding hydrogens is 296 g/mol. The topological polar surface area (TPSA) is 91.2 Å². The first-order valence-corrected chi connectivity index (χ1v) is 7.14. The number of carbonyl (C=O) groups excluding carboxylic acids is 1. The zero-order valence-corrected chi connectivity index (χ0v) is 12.7. The maximum absolute atomic E-state index is 11.8. The molecule has 0 saturated carbocycles. The molecule has 0 bridgehead atoms. The van der Waals surface area contributed by atoms with E-state index in [9.17, 15) is 15.0 Å². The molecule has 2 rings (SSSR count). The van der Waals surface area contributed by atoms with Gasteiger partial charge in [-0.05, 0) is 48.4 Å². The van der Waals surface area contributed by atoms with Crippen molar-refractivity contribution >= 4 is 12.1 Å². The van der Waals surface area contributed by atoms with Crippen LogP contribution in [0, 0.1) is 0 Å². The van der Waals surface area contributed by atoms with E-state index in [-0.39, 0.29) is 23.8 Å². The lowest BCUT2D eigenvalue weighted by Gasteiger charge is -2.04. The van der Waals surface area contributed by atoms with E-state index in [1.54, 1.807) is 6.07 Å². The lowest BCUT2D eigenvalue weighted by atomic mass is 10.1. The second kappa shape index (κ2) is 7.84. The van der Waals surface area contributed by atoms with Gasteiger partial charge < -0.3 is 14.9 Å². The SMILES string of the molecule is CCOc1ccc(CC(=O)N/N=C/c2ccc(O)c(O)c2)cc1. The number of hydrogen-bond donors (Lipinski definition) is 3. The van der Waals surface area contributed by atoms with Crippen LogP contribution in [0.4, 0.5) is 0 Å². The van der Waals surface area contributed by atoms with Crippen molar-refractivity contribution in [3.63, 3.8) is 0 Å². The number of hydrazone groups is 1. The number of carbonyl (C=O) groups is 1. The highest BCUT2D eigenvalue weighted by Crippen LogP contribution is 2.23. The monoisotopic (exact) mass is 314 g/mol. The number of phenolic OH excluding ortho intramolecular Hbond substituents is 2. The summed E-state index contributed by atoms with van der Waals surface area (Å²) in [4.78, 5) is 11.8. The van der Waals surface area contributed by atoms with E-state index in [0.717, 1.165) is 11.3 Å². The van der Waals surface area contributed by atoms with Crippen molar-refractivity contribution in [1.29, 1.82) is 0 Å². The molecule has 23 heavy (non-hydrogen) atoms. The number of hydrogen-bond acceptors (Lipinski definition) is 5. The van der Waals surface area contributed by atoms with E-state index >= 15 is 0 Å². The summed E-state index contributed by atoms with van der Waals surface area (Å²) < 4.78 is 5.34. The summed E-state index contributed by atoms with van der Waals surface area (Å²) in [6.07, 6.45) is 1.58. The Morgan fingerprint density at radius 2 is 1.91 bits per heavy atom. The molecule has 6 nitrogen and oxygen atoms in total. The van der Waals surface area contributed by atoms with Gasteiger partial charge in [-0.15, -0.1) is 0 Å². The normalized spacial score (nSPS) is 10.7. The van der Waals surface area contributed by atoms with Crippen molar-refractivity contribution in [3.05, 3.63) is 53.6 Å². The number of ether oxygens (including phenoxy) is 1. The smallest absolute Gasteiger partial charge is 0.244 e. The molecule has 2 aromatic rings. The van der Waals surface area contributed by atoms with Crippen LogP contribution in [0.15, 0.2) is 47.6 Å². The van der Waals surface area contributed by atoms with Gasteiger partial charge in [0.1, 0.15) is 5.75 Å². The molecule has 1 amide bonds. The number of aromatic hydroxyl groups is 2. The molecule has 0 aromatic heterocycles. The first-order valence-electron chi connectivity index (χ1n) is 7.14. The van der Waals surface area contributed by atoms with Gasteiger partial charge in [0.15, 0.2) is 11.5 Å². The molecule has 0 fully saturated rings. The Balaban J connectivity index is 1.86. The minimum absolute atomic E-state index is 0.199. The fraction of sp³-hybridized carbons (Fsp3) is 0.176.